The molecule has 15 heavy (non-hydrogen) atoms. The lowest BCUT2D eigenvalue weighted by molar-refractivity contribution is 0.344. The molecule has 4 nitrogen and oxygen atoms in total. The third-order valence-corrected chi connectivity index (χ3v) is 3.66. The van der Waals surface area contributed by atoms with Crippen LogP contribution in [0.2, 0.25) is 0 Å². The second-order valence-electron chi connectivity index (χ2n) is 4.37. The summed E-state index contributed by atoms with van der Waals surface area (Å²) in [5.74, 6) is 0.517. The van der Waals surface area contributed by atoms with Crippen molar-refractivity contribution >= 4 is 22.4 Å². The molecular weight excluding hydrogens is 236 g/mol. The van der Waals surface area contributed by atoms with Crippen molar-refractivity contribution < 1.29 is 8.42 Å². The quantitative estimate of drug-likeness (QED) is 0.750. The second-order valence-corrected chi connectivity index (χ2v) is 6.38. The van der Waals surface area contributed by atoms with Gasteiger partial charge < -0.3 is 5.73 Å². The number of hydrogen-bond acceptors (Lipinski definition) is 3. The zero-order valence-corrected chi connectivity index (χ0v) is 11.5. The number of halogens is 1. The van der Waals surface area contributed by atoms with Crippen molar-refractivity contribution in [3.8, 4) is 0 Å². The van der Waals surface area contributed by atoms with Crippen LogP contribution in [0, 0.1) is 5.92 Å². The molecule has 0 aliphatic carbocycles. The van der Waals surface area contributed by atoms with Crippen LogP contribution < -0.4 is 10.5 Å². The minimum atomic E-state index is -3.16. The maximum atomic E-state index is 11.4. The van der Waals surface area contributed by atoms with Gasteiger partial charge in [-0.25, -0.2) is 13.1 Å². The van der Waals surface area contributed by atoms with Crippen LogP contribution in [0.1, 0.15) is 34.1 Å². The fourth-order valence-corrected chi connectivity index (χ4v) is 2.58. The number of sulfonamides is 1. The zero-order valence-electron chi connectivity index (χ0n) is 9.91. The van der Waals surface area contributed by atoms with Gasteiger partial charge in [0, 0.05) is 12.1 Å². The summed E-state index contributed by atoms with van der Waals surface area (Å²) in [5, 5.41) is 0. The largest absolute Gasteiger partial charge is 0.329 e. The minimum Gasteiger partial charge on any atom is -0.329 e. The van der Waals surface area contributed by atoms with E-state index in [-0.39, 0.29) is 18.2 Å². The Balaban J connectivity index is 0. The maximum Gasteiger partial charge on any atom is 0.211 e. The molecule has 6 heteroatoms. The van der Waals surface area contributed by atoms with E-state index in [0.717, 1.165) is 6.42 Å². The normalized spacial score (nSPS) is 15.9. The first kappa shape index (κ1) is 17.6. The molecule has 0 saturated heterocycles. The molecule has 0 bridgehead atoms. The first-order valence-electron chi connectivity index (χ1n) is 4.96. The van der Waals surface area contributed by atoms with Gasteiger partial charge in [0.15, 0.2) is 0 Å². The molecule has 0 rings (SSSR count). The molecule has 0 heterocycles. The average Bonchev–Trinajstić information content (AvgIpc) is 2.02. The van der Waals surface area contributed by atoms with Gasteiger partial charge >= 0.3 is 0 Å². The van der Waals surface area contributed by atoms with Crippen molar-refractivity contribution in [2.24, 2.45) is 11.7 Å². The summed E-state index contributed by atoms with van der Waals surface area (Å²) in [5.41, 5.74) is 5.08. The van der Waals surface area contributed by atoms with E-state index in [1.54, 1.807) is 6.92 Å². The SMILES string of the molecule is CCS(=O)(=O)NC(C)(CN)CC(C)C.Cl. The van der Waals surface area contributed by atoms with Gasteiger partial charge in [0.1, 0.15) is 0 Å². The van der Waals surface area contributed by atoms with Crippen LogP contribution in [-0.2, 0) is 10.0 Å². The van der Waals surface area contributed by atoms with Gasteiger partial charge in [0.05, 0.1) is 5.75 Å². The first-order valence-corrected chi connectivity index (χ1v) is 6.61. The molecule has 0 aromatic rings. The van der Waals surface area contributed by atoms with E-state index >= 15 is 0 Å². The van der Waals surface area contributed by atoms with Crippen LogP contribution in [-0.4, -0.2) is 26.3 Å². The molecule has 0 saturated carbocycles. The summed E-state index contributed by atoms with van der Waals surface area (Å²) in [6, 6.07) is 0. The molecule has 94 valence electrons. The van der Waals surface area contributed by atoms with Crippen LogP contribution in [0.5, 0.6) is 0 Å². The fourth-order valence-electron chi connectivity index (χ4n) is 1.52. The van der Waals surface area contributed by atoms with Crippen molar-refractivity contribution in [3.63, 3.8) is 0 Å². The molecule has 1 atom stereocenters. The van der Waals surface area contributed by atoms with Gasteiger partial charge in [-0.1, -0.05) is 13.8 Å². The van der Waals surface area contributed by atoms with E-state index in [9.17, 15) is 8.42 Å². The Morgan fingerprint density at radius 3 is 2.13 bits per heavy atom. The van der Waals surface area contributed by atoms with E-state index < -0.39 is 15.6 Å². The van der Waals surface area contributed by atoms with Crippen molar-refractivity contribution in [1.29, 1.82) is 0 Å². The van der Waals surface area contributed by atoms with Gasteiger partial charge in [-0.2, -0.15) is 0 Å². The summed E-state index contributed by atoms with van der Waals surface area (Å²) in [4.78, 5) is 0. The molecule has 0 aromatic heterocycles. The highest BCUT2D eigenvalue weighted by atomic mass is 35.5. The average molecular weight is 259 g/mol. The van der Waals surface area contributed by atoms with Crippen LogP contribution in [0.15, 0.2) is 0 Å². The third kappa shape index (κ3) is 7.11. The smallest absolute Gasteiger partial charge is 0.211 e. The zero-order chi connectivity index (χ0) is 11.4. The summed E-state index contributed by atoms with van der Waals surface area (Å²) >= 11 is 0. The number of hydrogen-bond donors (Lipinski definition) is 2. The Kier molecular flexibility index (Phi) is 7.82. The molecular formula is C9H23ClN2O2S. The number of nitrogens with one attached hydrogen (secondary N) is 1. The van der Waals surface area contributed by atoms with Gasteiger partial charge in [-0.3, -0.25) is 0 Å². The van der Waals surface area contributed by atoms with E-state index in [4.69, 9.17) is 5.73 Å². The summed E-state index contributed by atoms with van der Waals surface area (Å²) < 4.78 is 25.4. The Labute approximate surface area is 99.5 Å². The second kappa shape index (κ2) is 6.68. The fraction of sp³-hybridized carbons (Fsp3) is 1.00. The molecule has 0 aliphatic heterocycles. The van der Waals surface area contributed by atoms with Gasteiger partial charge in [-0.05, 0) is 26.2 Å². The Bertz CT molecular complexity index is 267. The van der Waals surface area contributed by atoms with Gasteiger partial charge in [0.2, 0.25) is 10.0 Å². The molecule has 0 fully saturated rings. The van der Waals surface area contributed by atoms with Crippen LogP contribution >= 0.6 is 12.4 Å². The molecule has 0 amide bonds. The van der Waals surface area contributed by atoms with Crippen LogP contribution in [0.3, 0.4) is 0 Å². The van der Waals surface area contributed by atoms with E-state index in [2.05, 4.69) is 4.72 Å². The molecule has 0 aromatic carbocycles. The predicted octanol–water partition coefficient (Wildman–Crippen LogP) is 1.11. The van der Waals surface area contributed by atoms with Crippen molar-refractivity contribution in [2.75, 3.05) is 12.3 Å². The highest BCUT2D eigenvalue weighted by Gasteiger charge is 2.28. The van der Waals surface area contributed by atoms with E-state index in [1.165, 1.54) is 0 Å². The first-order chi connectivity index (χ1) is 6.24. The Hall–Kier alpha value is 0.160. The van der Waals surface area contributed by atoms with Crippen molar-refractivity contribution in [3.05, 3.63) is 0 Å². The van der Waals surface area contributed by atoms with Crippen LogP contribution in [0.4, 0.5) is 0 Å². The Morgan fingerprint density at radius 1 is 1.40 bits per heavy atom. The lowest BCUT2D eigenvalue weighted by Crippen LogP contribution is -2.52. The lowest BCUT2D eigenvalue weighted by Gasteiger charge is -2.30. The molecule has 1 unspecified atom stereocenters. The molecule has 0 aliphatic rings. The predicted molar refractivity (Wildman–Crippen MR) is 66.8 cm³/mol. The highest BCUT2D eigenvalue weighted by Crippen LogP contribution is 2.16. The number of rotatable bonds is 6. The lowest BCUT2D eigenvalue weighted by atomic mass is 9.92. The van der Waals surface area contributed by atoms with E-state index in [1.807, 2.05) is 20.8 Å². The maximum absolute atomic E-state index is 11.4. The summed E-state index contributed by atoms with van der Waals surface area (Å²) in [6.45, 7) is 7.89. The summed E-state index contributed by atoms with van der Waals surface area (Å²) in [7, 11) is -3.16. The topological polar surface area (TPSA) is 72.2 Å². The van der Waals surface area contributed by atoms with Crippen LogP contribution in [0.25, 0.3) is 0 Å². The van der Waals surface area contributed by atoms with Crippen molar-refractivity contribution in [2.45, 2.75) is 39.7 Å². The van der Waals surface area contributed by atoms with Crippen molar-refractivity contribution in [1.82, 2.24) is 4.72 Å². The Morgan fingerprint density at radius 2 is 1.87 bits per heavy atom. The highest BCUT2D eigenvalue weighted by molar-refractivity contribution is 7.89. The summed E-state index contributed by atoms with van der Waals surface area (Å²) in [6.07, 6.45) is 0.753. The standard InChI is InChI=1S/C9H22N2O2S.ClH/c1-5-14(12,13)11-9(4,7-10)6-8(2)3;/h8,11H,5-7,10H2,1-4H3;1H. The van der Waals surface area contributed by atoms with Gasteiger partial charge in [0.25, 0.3) is 0 Å². The molecule has 0 radical (unpaired) electrons. The third-order valence-electron chi connectivity index (χ3n) is 2.09. The molecule has 3 N–H and O–H groups in total. The van der Waals surface area contributed by atoms with Gasteiger partial charge in [-0.15, -0.1) is 12.4 Å². The monoisotopic (exact) mass is 258 g/mol. The number of nitrogens with two attached hydrogens (primary N) is 1. The minimum absolute atomic E-state index is 0. The molecule has 0 spiro atoms. The van der Waals surface area contributed by atoms with E-state index in [0.29, 0.717) is 12.5 Å².